The summed E-state index contributed by atoms with van der Waals surface area (Å²) in [6.07, 6.45) is 6.82. The Kier molecular flexibility index (Phi) is 4.39. The Morgan fingerprint density at radius 1 is 1.50 bits per heavy atom. The van der Waals surface area contributed by atoms with Crippen molar-refractivity contribution in [2.75, 3.05) is 0 Å². The number of rotatable bonds is 5. The van der Waals surface area contributed by atoms with Crippen molar-refractivity contribution in [2.45, 2.75) is 52.5 Å². The lowest BCUT2D eigenvalue weighted by atomic mass is 10.1. The molecule has 0 aliphatic rings. The Morgan fingerprint density at radius 2 is 2.21 bits per heavy atom. The van der Waals surface area contributed by atoms with Crippen molar-refractivity contribution in [3.8, 4) is 0 Å². The summed E-state index contributed by atoms with van der Waals surface area (Å²) >= 11 is 5.27. The van der Waals surface area contributed by atoms with Gasteiger partial charge in [0, 0.05) is 17.9 Å². The Balaban J connectivity index is 2.81. The maximum Gasteiger partial charge on any atom is 0.177 e. The highest BCUT2D eigenvalue weighted by atomic mass is 32.1. The van der Waals surface area contributed by atoms with Crippen LogP contribution in [0.5, 0.6) is 0 Å². The van der Waals surface area contributed by atoms with E-state index in [9.17, 15) is 0 Å². The van der Waals surface area contributed by atoms with E-state index in [1.807, 2.05) is 6.20 Å². The maximum absolute atomic E-state index is 5.27. The Hall–Kier alpha value is -0.570. The lowest BCUT2D eigenvalue weighted by molar-refractivity contribution is 0.469. The zero-order chi connectivity index (χ0) is 10.6. The smallest absolute Gasteiger partial charge is 0.177 e. The lowest BCUT2D eigenvalue weighted by Gasteiger charge is -2.15. The van der Waals surface area contributed by atoms with Gasteiger partial charge in [0.25, 0.3) is 0 Å². The van der Waals surface area contributed by atoms with E-state index in [0.717, 1.165) is 11.2 Å². The molecule has 1 aromatic rings. The molecule has 0 saturated carbocycles. The molecule has 3 heteroatoms. The third-order valence-corrected chi connectivity index (χ3v) is 2.98. The number of unbranched alkanes of at least 4 members (excludes halogenated alkanes) is 1. The molecule has 1 N–H and O–H groups in total. The summed E-state index contributed by atoms with van der Waals surface area (Å²) in [5.74, 6) is 0. The summed E-state index contributed by atoms with van der Waals surface area (Å²) in [6.45, 7) is 6.64. The van der Waals surface area contributed by atoms with Crippen LogP contribution in [0.2, 0.25) is 0 Å². The van der Waals surface area contributed by atoms with Crippen LogP contribution >= 0.6 is 12.2 Å². The van der Waals surface area contributed by atoms with Crippen molar-refractivity contribution >= 4 is 12.2 Å². The molecule has 0 bridgehead atoms. The van der Waals surface area contributed by atoms with Gasteiger partial charge in [-0.05, 0) is 32.0 Å². The highest BCUT2D eigenvalue weighted by molar-refractivity contribution is 7.71. The molecule has 14 heavy (non-hydrogen) atoms. The van der Waals surface area contributed by atoms with Crippen molar-refractivity contribution in [3.05, 3.63) is 16.7 Å². The van der Waals surface area contributed by atoms with Crippen LogP contribution in [0.4, 0.5) is 0 Å². The van der Waals surface area contributed by atoms with Crippen LogP contribution in [0, 0.1) is 4.77 Å². The van der Waals surface area contributed by atoms with Gasteiger partial charge in [0.1, 0.15) is 0 Å². The van der Waals surface area contributed by atoms with E-state index < -0.39 is 0 Å². The fraction of sp³-hybridized carbons (Fsp3) is 0.727. The van der Waals surface area contributed by atoms with Crippen LogP contribution in [0.25, 0.3) is 0 Å². The third-order valence-electron chi connectivity index (χ3n) is 2.67. The van der Waals surface area contributed by atoms with Crippen LogP contribution in [0.3, 0.4) is 0 Å². The van der Waals surface area contributed by atoms with Gasteiger partial charge < -0.3 is 9.55 Å². The average Bonchev–Trinajstić information content (AvgIpc) is 2.56. The Morgan fingerprint density at radius 3 is 2.79 bits per heavy atom. The molecule has 1 heterocycles. The number of hydrogen-bond acceptors (Lipinski definition) is 1. The molecular weight excluding hydrogens is 192 g/mol. The Bertz CT molecular complexity index is 324. The molecule has 0 aromatic carbocycles. The molecular formula is C11H20N2S. The summed E-state index contributed by atoms with van der Waals surface area (Å²) in [5.41, 5.74) is 1.32. The molecule has 0 aliphatic carbocycles. The molecule has 0 fully saturated rings. The molecule has 0 spiro atoms. The molecule has 1 unspecified atom stereocenters. The van der Waals surface area contributed by atoms with Crippen molar-refractivity contribution in [1.82, 2.24) is 9.55 Å². The standard InChI is InChI=1S/C11H20N2S/c1-4-6-7-9(3)13-10(5-2)8-12-11(13)14/h8-9H,4-7H2,1-3H3,(H,12,14). The number of H-pyrrole nitrogens is 1. The van der Waals surface area contributed by atoms with Crippen LogP contribution in [-0.4, -0.2) is 9.55 Å². The molecule has 0 saturated heterocycles. The number of aromatic amines is 1. The summed E-state index contributed by atoms with van der Waals surface area (Å²) < 4.78 is 3.12. The molecule has 2 nitrogen and oxygen atoms in total. The van der Waals surface area contributed by atoms with E-state index in [1.165, 1.54) is 25.0 Å². The van der Waals surface area contributed by atoms with Gasteiger partial charge in [-0.1, -0.05) is 26.7 Å². The Labute approximate surface area is 91.3 Å². The fourth-order valence-corrected chi connectivity index (χ4v) is 2.15. The first-order chi connectivity index (χ1) is 6.70. The van der Waals surface area contributed by atoms with Crippen molar-refractivity contribution in [2.24, 2.45) is 0 Å². The molecule has 80 valence electrons. The number of imidazole rings is 1. The van der Waals surface area contributed by atoms with Crippen LogP contribution in [0.1, 0.15) is 51.8 Å². The summed E-state index contributed by atoms with van der Waals surface area (Å²) in [6, 6.07) is 0.531. The largest absolute Gasteiger partial charge is 0.337 e. The molecule has 0 aliphatic heterocycles. The van der Waals surface area contributed by atoms with Crippen molar-refractivity contribution < 1.29 is 0 Å². The second-order valence-electron chi connectivity index (χ2n) is 3.80. The van der Waals surface area contributed by atoms with E-state index >= 15 is 0 Å². The first-order valence-corrected chi connectivity index (χ1v) is 5.90. The zero-order valence-corrected chi connectivity index (χ0v) is 10.2. The summed E-state index contributed by atoms with van der Waals surface area (Å²) in [7, 11) is 0. The van der Waals surface area contributed by atoms with E-state index in [0.29, 0.717) is 6.04 Å². The second kappa shape index (κ2) is 5.35. The number of nitrogens with one attached hydrogen (secondary N) is 1. The van der Waals surface area contributed by atoms with Crippen LogP contribution in [0.15, 0.2) is 6.20 Å². The fourth-order valence-electron chi connectivity index (χ4n) is 1.80. The normalized spacial score (nSPS) is 13.1. The summed E-state index contributed by atoms with van der Waals surface area (Å²) in [5, 5.41) is 0. The third kappa shape index (κ3) is 2.47. The van der Waals surface area contributed by atoms with Crippen molar-refractivity contribution in [3.63, 3.8) is 0 Å². The SMILES string of the molecule is CCCCC(C)n1c(CC)c[nH]c1=S. The van der Waals surface area contributed by atoms with Crippen LogP contribution in [-0.2, 0) is 6.42 Å². The first-order valence-electron chi connectivity index (χ1n) is 5.49. The molecule has 0 amide bonds. The predicted octanol–water partition coefficient (Wildman–Crippen LogP) is 3.86. The van der Waals surface area contributed by atoms with Gasteiger partial charge in [-0.15, -0.1) is 0 Å². The van der Waals surface area contributed by atoms with Gasteiger partial charge in [0.2, 0.25) is 0 Å². The maximum atomic E-state index is 5.27. The van der Waals surface area contributed by atoms with Gasteiger partial charge in [0.05, 0.1) is 0 Å². The minimum atomic E-state index is 0.531. The highest BCUT2D eigenvalue weighted by Gasteiger charge is 2.08. The van der Waals surface area contributed by atoms with Crippen molar-refractivity contribution in [1.29, 1.82) is 0 Å². The predicted molar refractivity (Wildman–Crippen MR) is 63.2 cm³/mol. The zero-order valence-electron chi connectivity index (χ0n) is 9.34. The van der Waals surface area contributed by atoms with Gasteiger partial charge >= 0.3 is 0 Å². The number of aryl methyl sites for hydroxylation is 1. The highest BCUT2D eigenvalue weighted by Crippen LogP contribution is 2.17. The summed E-state index contributed by atoms with van der Waals surface area (Å²) in [4.78, 5) is 3.12. The van der Waals surface area contributed by atoms with E-state index in [-0.39, 0.29) is 0 Å². The monoisotopic (exact) mass is 212 g/mol. The van der Waals surface area contributed by atoms with Gasteiger partial charge in [-0.3, -0.25) is 0 Å². The van der Waals surface area contributed by atoms with Crippen LogP contribution < -0.4 is 0 Å². The average molecular weight is 212 g/mol. The molecule has 1 rings (SSSR count). The number of aromatic nitrogens is 2. The quantitative estimate of drug-likeness (QED) is 0.735. The van der Waals surface area contributed by atoms with Gasteiger partial charge in [-0.2, -0.15) is 0 Å². The number of hydrogen-bond donors (Lipinski definition) is 1. The second-order valence-corrected chi connectivity index (χ2v) is 4.19. The molecule has 1 atom stereocenters. The van der Waals surface area contributed by atoms with Gasteiger partial charge in [-0.25, -0.2) is 0 Å². The molecule has 0 radical (unpaired) electrons. The van der Waals surface area contributed by atoms with Gasteiger partial charge in [0.15, 0.2) is 4.77 Å². The minimum absolute atomic E-state index is 0.531. The minimum Gasteiger partial charge on any atom is -0.337 e. The van der Waals surface area contributed by atoms with E-state index in [4.69, 9.17) is 12.2 Å². The topological polar surface area (TPSA) is 20.7 Å². The van der Waals surface area contributed by atoms with E-state index in [2.05, 4.69) is 30.3 Å². The lowest BCUT2D eigenvalue weighted by Crippen LogP contribution is -2.08. The van der Waals surface area contributed by atoms with E-state index in [1.54, 1.807) is 0 Å². The molecule has 1 aromatic heterocycles. The number of nitrogens with zero attached hydrogens (tertiary/aromatic N) is 1. The first kappa shape index (κ1) is 11.5.